The highest BCUT2D eigenvalue weighted by Gasteiger charge is 2.30. The third-order valence-corrected chi connectivity index (χ3v) is 6.61. The average molecular weight is 552 g/mol. The van der Waals surface area contributed by atoms with Crippen molar-refractivity contribution in [3.8, 4) is 5.75 Å². The molecule has 0 radical (unpaired) electrons. The molecule has 0 heterocycles. The smallest absolute Gasteiger partial charge is 0.243 e. The lowest BCUT2D eigenvalue weighted by Gasteiger charge is -2.32. The van der Waals surface area contributed by atoms with E-state index in [4.69, 9.17) is 4.74 Å². The van der Waals surface area contributed by atoms with Gasteiger partial charge in [-0.3, -0.25) is 9.59 Å². The highest BCUT2D eigenvalue weighted by molar-refractivity contribution is 9.10. The van der Waals surface area contributed by atoms with Gasteiger partial charge in [-0.05, 0) is 55.2 Å². The minimum Gasteiger partial charge on any atom is -0.494 e. The maximum absolute atomic E-state index is 13.6. The van der Waals surface area contributed by atoms with E-state index in [-0.39, 0.29) is 17.9 Å². The minimum atomic E-state index is -0.618. The molecule has 3 aromatic rings. The largest absolute Gasteiger partial charge is 0.494 e. The maximum atomic E-state index is 13.6. The van der Waals surface area contributed by atoms with Crippen LogP contribution in [0, 0.1) is 0 Å². The molecule has 0 aromatic heterocycles. The Hall–Kier alpha value is -3.12. The van der Waals surface area contributed by atoms with Gasteiger partial charge < -0.3 is 15.0 Å². The number of nitrogens with zero attached hydrogens (tertiary/aromatic N) is 1. The summed E-state index contributed by atoms with van der Waals surface area (Å²) in [4.78, 5) is 28.8. The molecular weight excluding hydrogens is 516 g/mol. The standard InChI is InChI=1S/C30H35BrN2O3/c1-3-23(2)32-30(35)28(21-24-11-6-4-7-12-24)33(22-25-16-18-26(31)19-17-25)29(34)15-10-20-36-27-13-8-5-9-14-27/h4-9,11-14,16-19,23,28H,3,10,15,20-22H2,1-2H3,(H,32,35)/t23-,28-/m0/s1. The van der Waals surface area contributed by atoms with Crippen molar-refractivity contribution in [1.29, 1.82) is 0 Å². The Kier molecular flexibility index (Phi) is 11.0. The van der Waals surface area contributed by atoms with Crippen molar-refractivity contribution in [2.75, 3.05) is 6.61 Å². The number of hydrogen-bond acceptors (Lipinski definition) is 3. The Morgan fingerprint density at radius 3 is 2.19 bits per heavy atom. The number of nitrogens with one attached hydrogen (secondary N) is 1. The molecule has 0 aliphatic heterocycles. The molecule has 0 aliphatic carbocycles. The number of carbonyl (C=O) groups excluding carboxylic acids is 2. The number of ether oxygens (including phenoxy) is 1. The quantitative estimate of drug-likeness (QED) is 0.259. The Morgan fingerprint density at radius 1 is 0.917 bits per heavy atom. The summed E-state index contributed by atoms with van der Waals surface area (Å²) in [5.74, 6) is 0.598. The summed E-state index contributed by atoms with van der Waals surface area (Å²) in [6.45, 7) is 4.81. The normalized spacial score (nSPS) is 12.4. The molecule has 36 heavy (non-hydrogen) atoms. The van der Waals surface area contributed by atoms with E-state index in [0.29, 0.717) is 32.4 Å². The molecule has 2 amide bonds. The number of rotatable bonds is 13. The number of para-hydroxylation sites is 1. The summed E-state index contributed by atoms with van der Waals surface area (Å²) >= 11 is 3.47. The highest BCUT2D eigenvalue weighted by Crippen LogP contribution is 2.19. The van der Waals surface area contributed by atoms with Crippen LogP contribution in [0.1, 0.15) is 44.2 Å². The van der Waals surface area contributed by atoms with E-state index in [1.807, 2.05) is 98.8 Å². The SMILES string of the molecule is CC[C@H](C)NC(=O)[C@H](Cc1ccccc1)N(Cc1ccc(Br)cc1)C(=O)CCCOc1ccccc1. The third kappa shape index (κ3) is 8.83. The van der Waals surface area contributed by atoms with Gasteiger partial charge in [0, 0.05) is 29.9 Å². The first-order valence-electron chi connectivity index (χ1n) is 12.5. The molecule has 0 bridgehead atoms. The van der Waals surface area contributed by atoms with Crippen molar-refractivity contribution in [1.82, 2.24) is 10.2 Å². The lowest BCUT2D eigenvalue weighted by molar-refractivity contribution is -0.141. The molecule has 0 aliphatic rings. The van der Waals surface area contributed by atoms with Gasteiger partial charge in [-0.25, -0.2) is 0 Å². The van der Waals surface area contributed by atoms with Crippen LogP contribution in [0.5, 0.6) is 5.75 Å². The highest BCUT2D eigenvalue weighted by atomic mass is 79.9. The van der Waals surface area contributed by atoms with Crippen molar-refractivity contribution < 1.29 is 14.3 Å². The molecule has 0 saturated heterocycles. The first kappa shape index (κ1) is 27.5. The van der Waals surface area contributed by atoms with E-state index in [0.717, 1.165) is 27.8 Å². The zero-order valence-electron chi connectivity index (χ0n) is 21.0. The second-order valence-electron chi connectivity index (χ2n) is 8.94. The lowest BCUT2D eigenvalue weighted by Crippen LogP contribution is -2.52. The van der Waals surface area contributed by atoms with Crippen LogP contribution in [0.2, 0.25) is 0 Å². The van der Waals surface area contributed by atoms with Gasteiger partial charge >= 0.3 is 0 Å². The van der Waals surface area contributed by atoms with E-state index in [2.05, 4.69) is 21.2 Å². The second kappa shape index (κ2) is 14.4. The Balaban J connectivity index is 1.80. The minimum absolute atomic E-state index is 0.0275. The zero-order valence-corrected chi connectivity index (χ0v) is 22.6. The predicted molar refractivity (Wildman–Crippen MR) is 148 cm³/mol. The zero-order chi connectivity index (χ0) is 25.8. The van der Waals surface area contributed by atoms with E-state index in [1.54, 1.807) is 4.90 Å². The fourth-order valence-corrected chi connectivity index (χ4v) is 4.12. The van der Waals surface area contributed by atoms with Crippen LogP contribution in [0.4, 0.5) is 0 Å². The molecule has 0 spiro atoms. The Labute approximate surface area is 223 Å². The molecule has 5 nitrogen and oxygen atoms in total. The number of hydrogen-bond donors (Lipinski definition) is 1. The topological polar surface area (TPSA) is 58.6 Å². The fourth-order valence-electron chi connectivity index (χ4n) is 3.86. The number of carbonyl (C=O) groups is 2. The van der Waals surface area contributed by atoms with Crippen LogP contribution in [-0.2, 0) is 22.6 Å². The van der Waals surface area contributed by atoms with Gasteiger partial charge in [-0.2, -0.15) is 0 Å². The molecule has 6 heteroatoms. The Bertz CT molecular complexity index is 1070. The van der Waals surface area contributed by atoms with Gasteiger partial charge in [0.25, 0.3) is 0 Å². The fraction of sp³-hybridized carbons (Fsp3) is 0.333. The number of amides is 2. The van der Waals surface area contributed by atoms with E-state index in [9.17, 15) is 9.59 Å². The van der Waals surface area contributed by atoms with Crippen LogP contribution < -0.4 is 10.1 Å². The first-order chi connectivity index (χ1) is 17.5. The number of benzene rings is 3. The summed E-state index contributed by atoms with van der Waals surface area (Å²) < 4.78 is 6.75. The molecule has 190 valence electrons. The van der Waals surface area contributed by atoms with E-state index >= 15 is 0 Å². The molecule has 3 aromatic carbocycles. The van der Waals surface area contributed by atoms with Crippen molar-refractivity contribution in [2.24, 2.45) is 0 Å². The van der Waals surface area contributed by atoms with Gasteiger partial charge in [0.1, 0.15) is 11.8 Å². The molecular formula is C30H35BrN2O3. The maximum Gasteiger partial charge on any atom is 0.243 e. The van der Waals surface area contributed by atoms with Crippen molar-refractivity contribution in [3.63, 3.8) is 0 Å². The second-order valence-corrected chi connectivity index (χ2v) is 9.85. The summed E-state index contributed by atoms with van der Waals surface area (Å²) in [5, 5.41) is 3.10. The molecule has 0 saturated carbocycles. The van der Waals surface area contributed by atoms with Gasteiger partial charge in [0.05, 0.1) is 6.61 Å². The molecule has 1 N–H and O–H groups in total. The first-order valence-corrected chi connectivity index (χ1v) is 13.3. The van der Waals surface area contributed by atoms with Gasteiger partial charge in [-0.1, -0.05) is 83.5 Å². The average Bonchev–Trinajstić information content (AvgIpc) is 2.90. The summed E-state index contributed by atoms with van der Waals surface area (Å²) in [7, 11) is 0. The van der Waals surface area contributed by atoms with Gasteiger partial charge in [-0.15, -0.1) is 0 Å². The van der Waals surface area contributed by atoms with Crippen molar-refractivity contribution >= 4 is 27.7 Å². The van der Waals surface area contributed by atoms with Crippen LogP contribution >= 0.6 is 15.9 Å². The Morgan fingerprint density at radius 2 is 1.56 bits per heavy atom. The van der Waals surface area contributed by atoms with Crippen LogP contribution in [0.3, 0.4) is 0 Å². The third-order valence-electron chi connectivity index (χ3n) is 6.09. The molecule has 0 unspecified atom stereocenters. The lowest BCUT2D eigenvalue weighted by atomic mass is 10.0. The summed E-state index contributed by atoms with van der Waals surface area (Å²) in [6, 6.07) is 26.7. The van der Waals surface area contributed by atoms with Crippen molar-refractivity contribution in [2.45, 2.75) is 58.2 Å². The van der Waals surface area contributed by atoms with Crippen LogP contribution in [-0.4, -0.2) is 35.4 Å². The van der Waals surface area contributed by atoms with Crippen LogP contribution in [0.25, 0.3) is 0 Å². The summed E-state index contributed by atoms with van der Waals surface area (Å²) in [5.41, 5.74) is 1.99. The van der Waals surface area contributed by atoms with E-state index < -0.39 is 6.04 Å². The van der Waals surface area contributed by atoms with Gasteiger partial charge in [0.2, 0.25) is 11.8 Å². The number of halogens is 1. The monoisotopic (exact) mass is 550 g/mol. The molecule has 2 atom stereocenters. The van der Waals surface area contributed by atoms with Gasteiger partial charge in [0.15, 0.2) is 0 Å². The van der Waals surface area contributed by atoms with Crippen LogP contribution in [0.15, 0.2) is 89.4 Å². The van der Waals surface area contributed by atoms with E-state index in [1.165, 1.54) is 0 Å². The predicted octanol–water partition coefficient (Wildman–Crippen LogP) is 6.16. The molecule has 0 fully saturated rings. The summed E-state index contributed by atoms with van der Waals surface area (Å²) in [6.07, 6.45) is 2.13. The molecule has 3 rings (SSSR count). The van der Waals surface area contributed by atoms with Crippen molar-refractivity contribution in [3.05, 3.63) is 101 Å².